The molecule has 9 aromatic rings. The summed E-state index contributed by atoms with van der Waals surface area (Å²) < 4.78 is 45.0. The standard InChI is InChI=1S/C28H26N2O6.C25H26N2O2.C23H18N2O3S.CH4O2S.4H2/c1-17-2-3-18(10-22(17)19-12-20(15-29-14-19)27(34)30-9-6-26(32)33)11-25(31)28(7-8-28)21-4-5-23-24(13-21)36-16-35-23;1-17-3-10-21(15-23(17)19-6-4-18(16-26)5-7-19)27-24(28)25(13-14-25)20-8-11-22(29-2)12-9-20;1-14-2-4-16(11-18(14)17-6-9-29-21(17)12-24)25-22(26)23(7-8-23)15-3-5-19-20(10-15)28-13-27-19;1-4(2)3;;;;/h2-5,10,12-15H,6-9,11,16H2,1H3,(H,30,34)(H,32,33);3-12,15H,13-14,16,26H2,1-2H3,(H,27,28);2-6,9-11H,7-8,13H2,1H3,(H,25,26);1H3,(H,2,3);4*1H/p-1. The maximum atomic E-state index is 13.4. The number of aryl methyl sites for hydroxylation is 3. The second-order valence-electron chi connectivity index (χ2n) is 24.8. The van der Waals surface area contributed by atoms with Crippen LogP contribution >= 0.6 is 11.3 Å². The maximum absolute atomic E-state index is 13.4. The molecule has 0 saturated heterocycles. The van der Waals surface area contributed by atoms with E-state index in [4.69, 9.17) is 43.3 Å². The molecule has 3 aliphatic carbocycles. The number of thiophene rings is 1. The molecule has 2 aliphatic heterocycles. The molecule has 19 nitrogen and oxygen atoms in total. The third-order valence-corrected chi connectivity index (χ3v) is 19.1. The van der Waals surface area contributed by atoms with E-state index < -0.39 is 33.3 Å². The molecule has 98 heavy (non-hydrogen) atoms. The van der Waals surface area contributed by atoms with Crippen molar-refractivity contribution in [1.82, 2.24) is 10.3 Å². The highest BCUT2D eigenvalue weighted by Crippen LogP contribution is 2.53. The fourth-order valence-electron chi connectivity index (χ4n) is 12.2. The number of ether oxygens (including phenoxy) is 5. The zero-order valence-electron chi connectivity index (χ0n) is 54.8. The summed E-state index contributed by atoms with van der Waals surface area (Å²) in [7, 11) is 1.65. The fraction of sp³-hybridized carbons (Fsp3) is 0.260. The SMILES string of the molecule is COc1ccc(C2(C(=O)Nc3ccc(C)c(-c4ccc(CN)cc4)c3)CC2)cc1.CS(=O)[O-].Cc1ccc(CC(=O)C2(c3ccc4c(c3)OCO4)CC2)cc1-c1cncc(C(=O)NCCC(=O)O)c1.Cc1ccc(NC(=O)C2(c3ccc4c(c3)OCO4)CC2)cc1-c1ccsc1C#N.[HH].[HH].[HH].[HH]. The third kappa shape index (κ3) is 15.7. The molecule has 21 heteroatoms. The van der Waals surface area contributed by atoms with Gasteiger partial charge in [-0.25, -0.2) is 0 Å². The summed E-state index contributed by atoms with van der Waals surface area (Å²) in [6, 6.07) is 51.3. The van der Waals surface area contributed by atoms with Gasteiger partial charge in [0.15, 0.2) is 23.0 Å². The minimum atomic E-state index is -1.86. The number of fused-ring (bicyclic) bond motifs is 2. The molecule has 2 aromatic heterocycles. The number of hydrogen-bond donors (Lipinski definition) is 5. The van der Waals surface area contributed by atoms with Gasteiger partial charge >= 0.3 is 5.97 Å². The molecule has 3 amide bonds. The first-order valence-corrected chi connectivity index (χ1v) is 34.3. The van der Waals surface area contributed by atoms with Crippen molar-refractivity contribution in [3.05, 3.63) is 224 Å². The number of anilines is 2. The molecule has 0 spiro atoms. The van der Waals surface area contributed by atoms with Crippen LogP contribution in [0.3, 0.4) is 0 Å². The Kier molecular flexibility index (Phi) is 21.0. The highest BCUT2D eigenvalue weighted by molar-refractivity contribution is 7.78. The van der Waals surface area contributed by atoms with Crippen LogP contribution in [0.15, 0.2) is 169 Å². The number of Topliss-reactive ketones (excluding diaryl/α,β-unsaturated/α-hetero) is 1. The molecule has 4 heterocycles. The number of benzene rings is 7. The molecule has 5 aliphatic rings. The lowest BCUT2D eigenvalue weighted by molar-refractivity contribution is -0.136. The third-order valence-electron chi connectivity index (χ3n) is 18.3. The van der Waals surface area contributed by atoms with Crippen LogP contribution in [-0.2, 0) is 59.5 Å². The molecule has 3 fully saturated rings. The van der Waals surface area contributed by atoms with E-state index in [0.717, 1.165) is 140 Å². The van der Waals surface area contributed by atoms with E-state index in [0.29, 0.717) is 40.7 Å². The lowest BCUT2D eigenvalue weighted by Crippen LogP contribution is -2.27. The number of amides is 3. The fourth-order valence-corrected chi connectivity index (χ4v) is 12.9. The molecular formula is C77H81N6O13S2-. The monoisotopic (exact) mass is 1360 g/mol. The predicted octanol–water partition coefficient (Wildman–Crippen LogP) is 14.1. The van der Waals surface area contributed by atoms with Crippen molar-refractivity contribution in [2.75, 3.05) is 44.1 Å². The second-order valence-corrected chi connectivity index (χ2v) is 26.5. The summed E-state index contributed by atoms with van der Waals surface area (Å²) in [5, 5.41) is 28.9. The van der Waals surface area contributed by atoms with Gasteiger partial charge in [-0.1, -0.05) is 89.9 Å². The minimum absolute atomic E-state index is 0. The molecule has 510 valence electrons. The van der Waals surface area contributed by atoms with Crippen LogP contribution in [0.4, 0.5) is 11.4 Å². The molecule has 3 saturated carbocycles. The number of carboxylic acids is 1. The van der Waals surface area contributed by atoms with Gasteiger partial charge in [0.25, 0.3) is 5.91 Å². The first-order valence-electron chi connectivity index (χ1n) is 31.9. The molecule has 0 radical (unpaired) electrons. The summed E-state index contributed by atoms with van der Waals surface area (Å²) in [5.41, 5.74) is 20.1. The van der Waals surface area contributed by atoms with Gasteiger partial charge in [-0.15, -0.1) is 11.3 Å². The van der Waals surface area contributed by atoms with Gasteiger partial charge in [0.2, 0.25) is 25.4 Å². The zero-order valence-corrected chi connectivity index (χ0v) is 56.4. The largest absolute Gasteiger partial charge is 0.773 e. The topological polar surface area (TPSA) is 291 Å². The molecule has 6 N–H and O–H groups in total. The highest BCUT2D eigenvalue weighted by atomic mass is 32.2. The number of nitrogens with two attached hydrogens (primary N) is 1. The van der Waals surface area contributed by atoms with Crippen LogP contribution in [0.25, 0.3) is 33.4 Å². The van der Waals surface area contributed by atoms with Gasteiger partial charge < -0.3 is 55.0 Å². The number of nitriles is 1. The van der Waals surface area contributed by atoms with E-state index in [1.807, 2.05) is 141 Å². The van der Waals surface area contributed by atoms with Gasteiger partial charge in [-0.2, -0.15) is 5.26 Å². The van der Waals surface area contributed by atoms with Crippen LogP contribution in [0.5, 0.6) is 28.7 Å². The first-order chi connectivity index (χ1) is 47.2. The van der Waals surface area contributed by atoms with E-state index in [2.05, 4.69) is 58.2 Å². The van der Waals surface area contributed by atoms with Gasteiger partial charge in [0.05, 0.1) is 35.3 Å². The van der Waals surface area contributed by atoms with Gasteiger partial charge in [-0.3, -0.25) is 33.2 Å². The quantitative estimate of drug-likeness (QED) is 0.0470. The van der Waals surface area contributed by atoms with Crippen LogP contribution in [-0.4, -0.2) is 81.8 Å². The van der Waals surface area contributed by atoms with Gasteiger partial charge in [0, 0.05) is 60.1 Å². The Balaban J connectivity index is 0.000000206. The van der Waals surface area contributed by atoms with Crippen molar-refractivity contribution in [3.8, 4) is 68.2 Å². The average Bonchev–Trinajstić information content (AvgIpc) is 1.60. The number of pyridine rings is 1. The van der Waals surface area contributed by atoms with Crippen LogP contribution in [0, 0.1) is 32.1 Å². The van der Waals surface area contributed by atoms with Crippen LogP contribution < -0.4 is 45.4 Å². The van der Waals surface area contributed by atoms with E-state index in [1.54, 1.807) is 19.4 Å². The van der Waals surface area contributed by atoms with Crippen molar-refractivity contribution in [2.45, 2.75) is 94.9 Å². The molecule has 7 aromatic carbocycles. The van der Waals surface area contributed by atoms with Crippen molar-refractivity contribution in [3.63, 3.8) is 0 Å². The number of carbonyl (C=O) groups excluding carboxylic acids is 4. The van der Waals surface area contributed by atoms with Gasteiger partial charge in [-0.05, 0) is 210 Å². The number of nitrogens with one attached hydrogen (secondary N) is 3. The Labute approximate surface area is 580 Å². The summed E-state index contributed by atoms with van der Waals surface area (Å²) >= 11 is -0.438. The Hall–Kier alpha value is -10.5. The second kappa shape index (κ2) is 29.9. The number of ketones is 1. The molecule has 0 bridgehead atoms. The number of aromatic nitrogens is 1. The Morgan fingerprint density at radius 2 is 1.14 bits per heavy atom. The smallest absolute Gasteiger partial charge is 0.305 e. The molecule has 1 unspecified atom stereocenters. The Bertz CT molecular complexity index is 4590. The molecular weight excluding hydrogens is 1280 g/mol. The van der Waals surface area contributed by atoms with Crippen molar-refractivity contribution >= 4 is 63.3 Å². The average molecular weight is 1360 g/mol. The van der Waals surface area contributed by atoms with Crippen LogP contribution in [0.2, 0.25) is 0 Å². The van der Waals surface area contributed by atoms with Crippen molar-refractivity contribution in [2.24, 2.45) is 5.73 Å². The highest BCUT2D eigenvalue weighted by Gasteiger charge is 2.53. The number of carbonyl (C=O) groups is 5. The summed E-state index contributed by atoms with van der Waals surface area (Å²) in [4.78, 5) is 67.7. The summed E-state index contributed by atoms with van der Waals surface area (Å²) in [6.45, 7) is 7.05. The number of methoxy groups -OCH3 is 1. The number of nitrogens with zero attached hydrogens (tertiary/aromatic N) is 2. The lowest BCUT2D eigenvalue weighted by Gasteiger charge is -2.17. The summed E-state index contributed by atoms with van der Waals surface area (Å²) in [6.07, 6.45) is 9.32. The number of aliphatic carboxylic acids is 1. The van der Waals surface area contributed by atoms with Gasteiger partial charge in [0.1, 0.15) is 22.5 Å². The minimum Gasteiger partial charge on any atom is -0.773 e. The van der Waals surface area contributed by atoms with E-state index in [9.17, 15) is 29.2 Å². The zero-order chi connectivity index (χ0) is 69.3. The van der Waals surface area contributed by atoms with Crippen LogP contribution in [0.1, 0.15) is 110 Å². The normalized spacial score (nSPS) is 14.9. The molecule has 1 atom stereocenters. The van der Waals surface area contributed by atoms with E-state index >= 15 is 0 Å². The number of carboxylic acid groups (broad SMARTS) is 1. The van der Waals surface area contributed by atoms with Crippen molar-refractivity contribution in [1.29, 1.82) is 5.26 Å². The Morgan fingerprint density at radius 3 is 1.69 bits per heavy atom. The Morgan fingerprint density at radius 1 is 0.633 bits per heavy atom. The predicted molar refractivity (Wildman–Crippen MR) is 383 cm³/mol. The lowest BCUT2D eigenvalue weighted by atomic mass is 9.87. The van der Waals surface area contributed by atoms with Crippen molar-refractivity contribution < 1.29 is 67.2 Å². The molecule has 14 rings (SSSR count). The maximum Gasteiger partial charge on any atom is 0.305 e. The van der Waals surface area contributed by atoms with E-state index in [1.165, 1.54) is 23.1 Å². The first kappa shape index (κ1) is 68.9. The number of hydrogen-bond acceptors (Lipinski definition) is 16. The summed E-state index contributed by atoms with van der Waals surface area (Å²) in [5.74, 6) is 2.45. The number of rotatable bonds is 19. The van der Waals surface area contributed by atoms with E-state index in [-0.39, 0.29) is 55.8 Å².